The van der Waals surface area contributed by atoms with Crippen molar-refractivity contribution < 1.29 is 22.7 Å². The van der Waals surface area contributed by atoms with E-state index in [-0.39, 0.29) is 17.9 Å². The van der Waals surface area contributed by atoms with Gasteiger partial charge in [-0.2, -0.15) is 17.4 Å². The van der Waals surface area contributed by atoms with Gasteiger partial charge in [-0.15, -0.1) is 0 Å². The summed E-state index contributed by atoms with van der Waals surface area (Å²) >= 11 is 5.86. The Kier molecular flexibility index (Phi) is 4.74. The molecule has 1 aliphatic rings. The number of anilines is 1. The third-order valence-corrected chi connectivity index (χ3v) is 5.80. The number of aromatic hydroxyl groups is 1. The maximum absolute atomic E-state index is 12.6. The lowest BCUT2D eigenvalue weighted by Gasteiger charge is -2.35. The summed E-state index contributed by atoms with van der Waals surface area (Å²) in [5.41, 5.74) is 0.108. The molecule has 3 N–H and O–H groups in total. The van der Waals surface area contributed by atoms with Crippen molar-refractivity contribution in [3.63, 3.8) is 0 Å². The van der Waals surface area contributed by atoms with Gasteiger partial charge < -0.3 is 14.8 Å². The molecule has 0 bridgehead atoms. The van der Waals surface area contributed by atoms with Crippen LogP contribution in [0.5, 0.6) is 5.75 Å². The van der Waals surface area contributed by atoms with Crippen molar-refractivity contribution in [1.82, 2.24) is 9.03 Å². The first kappa shape index (κ1) is 17.7. The van der Waals surface area contributed by atoms with E-state index in [1.807, 2.05) is 0 Å². The number of phenolic OH excluding ortho intramolecular Hbond substituents is 1. The zero-order valence-electron chi connectivity index (χ0n) is 13.1. The Labute approximate surface area is 149 Å². The number of phenols is 1. The van der Waals surface area contributed by atoms with E-state index in [9.17, 15) is 18.3 Å². The van der Waals surface area contributed by atoms with Gasteiger partial charge in [-0.05, 0) is 36.8 Å². The maximum Gasteiger partial charge on any atom is 0.280 e. The number of furan rings is 1. The summed E-state index contributed by atoms with van der Waals surface area (Å²) in [7, 11) is -2.56. The van der Waals surface area contributed by atoms with Gasteiger partial charge in [0.05, 0.1) is 18.0 Å². The second kappa shape index (κ2) is 6.68. The topological polar surface area (TPSA) is 112 Å². The number of likely N-dealkylation sites (N-methyl/N-ethyl adjacent to an activating group) is 1. The molecule has 1 fully saturated rings. The molecule has 0 aliphatic carbocycles. The molecule has 8 nitrogen and oxygen atoms in total. The number of hydrogen-bond acceptors (Lipinski definition) is 5. The van der Waals surface area contributed by atoms with Gasteiger partial charge in [-0.1, -0.05) is 11.6 Å². The van der Waals surface area contributed by atoms with E-state index in [0.717, 1.165) is 4.31 Å². The number of benzene rings is 1. The zero-order chi connectivity index (χ0) is 18.2. The molecule has 134 valence electrons. The Hall–Kier alpha value is -2.07. The van der Waals surface area contributed by atoms with Crippen molar-refractivity contribution in [1.29, 1.82) is 0 Å². The van der Waals surface area contributed by atoms with Crippen molar-refractivity contribution >= 4 is 33.4 Å². The van der Waals surface area contributed by atoms with Gasteiger partial charge in [0.15, 0.2) is 0 Å². The van der Waals surface area contributed by atoms with Gasteiger partial charge in [0.2, 0.25) is 5.91 Å². The average molecular weight is 386 g/mol. The Morgan fingerprint density at radius 1 is 1.44 bits per heavy atom. The quantitative estimate of drug-likeness (QED) is 0.698. The van der Waals surface area contributed by atoms with E-state index in [1.165, 1.54) is 31.5 Å². The van der Waals surface area contributed by atoms with E-state index in [4.69, 9.17) is 16.0 Å². The number of carbonyl (C=O) groups is 1. The van der Waals surface area contributed by atoms with E-state index >= 15 is 0 Å². The highest BCUT2D eigenvalue weighted by molar-refractivity contribution is 7.87. The minimum atomic E-state index is -3.87. The average Bonchev–Trinajstić information content (AvgIpc) is 3.07. The lowest BCUT2D eigenvalue weighted by atomic mass is 10.0. The summed E-state index contributed by atoms with van der Waals surface area (Å²) in [6.45, 7) is 0. The van der Waals surface area contributed by atoms with Crippen LogP contribution in [0.4, 0.5) is 5.69 Å². The van der Waals surface area contributed by atoms with Crippen LogP contribution in [0.2, 0.25) is 5.02 Å². The van der Waals surface area contributed by atoms with Crippen molar-refractivity contribution in [3.05, 3.63) is 47.4 Å². The second-order valence-corrected chi connectivity index (χ2v) is 7.81. The number of nitrogens with one attached hydrogen (secondary N) is 2. The molecule has 2 atom stereocenters. The third-order valence-electron chi connectivity index (χ3n) is 3.97. The fourth-order valence-corrected chi connectivity index (χ4v) is 4.04. The fraction of sp³-hybridized carbons (Fsp3) is 0.267. The summed E-state index contributed by atoms with van der Waals surface area (Å²) in [5.74, 6) is -0.332. The van der Waals surface area contributed by atoms with Crippen LogP contribution in [-0.4, -0.2) is 36.8 Å². The van der Waals surface area contributed by atoms with Crippen LogP contribution in [0.15, 0.2) is 41.0 Å². The van der Waals surface area contributed by atoms with Crippen LogP contribution in [0.1, 0.15) is 18.2 Å². The Bertz CT molecular complexity index is 885. The molecule has 0 unspecified atom stereocenters. The first-order valence-corrected chi connectivity index (χ1v) is 9.18. The molecule has 1 aliphatic heterocycles. The van der Waals surface area contributed by atoms with Crippen LogP contribution in [0, 0.1) is 0 Å². The molecular weight excluding hydrogens is 370 g/mol. The molecule has 1 amide bonds. The second-order valence-electron chi connectivity index (χ2n) is 5.61. The molecule has 25 heavy (non-hydrogen) atoms. The fourth-order valence-electron chi connectivity index (χ4n) is 2.61. The van der Waals surface area contributed by atoms with Crippen LogP contribution < -0.4 is 10.0 Å². The summed E-state index contributed by atoms with van der Waals surface area (Å²) in [6.07, 6.45) is 1.59. The SMILES string of the molecule is CN1[C@@H](C(=O)Nc2cc(Cl)ccc2O)C[C@@H](c2ccco2)NS1(=O)=O. The van der Waals surface area contributed by atoms with E-state index in [0.29, 0.717) is 10.8 Å². The Morgan fingerprint density at radius 3 is 2.88 bits per heavy atom. The summed E-state index contributed by atoms with van der Waals surface area (Å²) in [6, 6.07) is 5.82. The number of rotatable bonds is 3. The van der Waals surface area contributed by atoms with E-state index < -0.39 is 28.2 Å². The molecule has 0 spiro atoms. The lowest BCUT2D eigenvalue weighted by Crippen LogP contribution is -2.55. The summed E-state index contributed by atoms with van der Waals surface area (Å²) in [5, 5.41) is 12.7. The molecular formula is C15H16ClN3O5S. The van der Waals surface area contributed by atoms with Crippen LogP contribution in [0.3, 0.4) is 0 Å². The maximum atomic E-state index is 12.6. The summed E-state index contributed by atoms with van der Waals surface area (Å²) < 4.78 is 33.3. The first-order valence-electron chi connectivity index (χ1n) is 7.36. The monoisotopic (exact) mass is 385 g/mol. The number of carbonyl (C=O) groups excluding carboxylic acids is 1. The van der Waals surface area contributed by atoms with Gasteiger partial charge in [0.1, 0.15) is 17.6 Å². The molecule has 10 heteroatoms. The molecule has 1 aromatic carbocycles. The first-order chi connectivity index (χ1) is 11.8. The number of hydrogen-bond donors (Lipinski definition) is 3. The van der Waals surface area contributed by atoms with Gasteiger partial charge >= 0.3 is 0 Å². The smallest absolute Gasteiger partial charge is 0.280 e. The van der Waals surface area contributed by atoms with Crippen LogP contribution in [-0.2, 0) is 15.0 Å². The zero-order valence-corrected chi connectivity index (χ0v) is 14.7. The molecule has 3 rings (SSSR count). The highest BCUT2D eigenvalue weighted by Gasteiger charge is 2.41. The Balaban J connectivity index is 1.85. The predicted molar refractivity (Wildman–Crippen MR) is 91.4 cm³/mol. The van der Waals surface area contributed by atoms with Gasteiger partial charge in [-0.25, -0.2) is 0 Å². The summed E-state index contributed by atoms with van der Waals surface area (Å²) in [4.78, 5) is 12.6. The van der Waals surface area contributed by atoms with Crippen molar-refractivity contribution in [2.75, 3.05) is 12.4 Å². The molecule has 2 aromatic rings. The van der Waals surface area contributed by atoms with Gasteiger partial charge in [0, 0.05) is 12.1 Å². The van der Waals surface area contributed by atoms with Crippen LogP contribution in [0.25, 0.3) is 0 Å². The highest BCUT2D eigenvalue weighted by Crippen LogP contribution is 2.31. The third kappa shape index (κ3) is 3.64. The van der Waals surface area contributed by atoms with Crippen molar-refractivity contribution in [2.24, 2.45) is 0 Å². The van der Waals surface area contributed by atoms with Gasteiger partial charge in [-0.3, -0.25) is 4.79 Å². The predicted octanol–water partition coefficient (Wildman–Crippen LogP) is 1.86. The lowest BCUT2D eigenvalue weighted by molar-refractivity contribution is -0.120. The number of nitrogens with zero attached hydrogens (tertiary/aromatic N) is 1. The highest BCUT2D eigenvalue weighted by atomic mass is 35.5. The minimum absolute atomic E-state index is 0.108. The molecule has 0 radical (unpaired) electrons. The van der Waals surface area contributed by atoms with E-state index in [2.05, 4.69) is 10.0 Å². The normalized spacial score (nSPS) is 23.3. The largest absolute Gasteiger partial charge is 0.506 e. The molecule has 2 heterocycles. The Morgan fingerprint density at radius 2 is 2.20 bits per heavy atom. The minimum Gasteiger partial charge on any atom is -0.506 e. The van der Waals surface area contributed by atoms with Crippen LogP contribution >= 0.6 is 11.6 Å². The standard InChI is InChI=1S/C15H16ClN3O5S/c1-19-12(15(21)17-10-7-9(16)4-5-13(10)20)8-11(18-25(19,22)23)14-3-2-6-24-14/h2-7,11-12,18,20H,8H2,1H3,(H,17,21)/t11-,12+/m0/s1. The van der Waals surface area contributed by atoms with Crippen molar-refractivity contribution in [3.8, 4) is 5.75 Å². The molecule has 1 saturated heterocycles. The number of amides is 1. The molecule has 0 saturated carbocycles. The van der Waals surface area contributed by atoms with Crippen molar-refractivity contribution in [2.45, 2.75) is 18.5 Å². The number of halogens is 1. The van der Waals surface area contributed by atoms with Gasteiger partial charge in [0.25, 0.3) is 10.2 Å². The van der Waals surface area contributed by atoms with E-state index in [1.54, 1.807) is 12.1 Å². The molecule has 1 aromatic heterocycles.